The monoisotopic (exact) mass is 264 g/mol. The van der Waals surface area contributed by atoms with Gasteiger partial charge in [-0.2, -0.15) is 0 Å². The maximum absolute atomic E-state index is 13.1. The molecule has 1 amide bonds. The minimum absolute atomic E-state index is 0.0382. The summed E-state index contributed by atoms with van der Waals surface area (Å²) in [6.45, 7) is 3.28. The minimum atomic E-state index is -0.181. The Labute approximate surface area is 113 Å². The molecule has 0 saturated carbocycles. The van der Waals surface area contributed by atoms with E-state index in [4.69, 9.17) is 0 Å². The van der Waals surface area contributed by atoms with Crippen molar-refractivity contribution in [3.63, 3.8) is 0 Å². The summed E-state index contributed by atoms with van der Waals surface area (Å²) in [5, 5.41) is 6.16. The molecule has 1 fully saturated rings. The van der Waals surface area contributed by atoms with Gasteiger partial charge >= 0.3 is 0 Å². The number of amides is 1. The van der Waals surface area contributed by atoms with E-state index in [-0.39, 0.29) is 17.8 Å². The van der Waals surface area contributed by atoms with Gasteiger partial charge in [-0.1, -0.05) is 18.6 Å². The van der Waals surface area contributed by atoms with Crippen molar-refractivity contribution in [3.8, 4) is 0 Å². The van der Waals surface area contributed by atoms with Crippen LogP contribution in [0.25, 0.3) is 0 Å². The molecule has 1 unspecified atom stereocenters. The summed E-state index contributed by atoms with van der Waals surface area (Å²) in [4.78, 5) is 11.9. The summed E-state index contributed by atoms with van der Waals surface area (Å²) in [5.74, 6) is -0.0993. The van der Waals surface area contributed by atoms with Crippen LogP contribution < -0.4 is 10.6 Å². The summed E-state index contributed by atoms with van der Waals surface area (Å²) < 4.78 is 13.1. The van der Waals surface area contributed by atoms with Crippen molar-refractivity contribution < 1.29 is 9.18 Å². The van der Waals surface area contributed by atoms with Crippen molar-refractivity contribution in [1.29, 1.82) is 0 Å². The van der Waals surface area contributed by atoms with Crippen molar-refractivity contribution in [3.05, 3.63) is 35.1 Å². The molecule has 1 atom stereocenters. The number of carbonyl (C=O) groups is 1. The first kappa shape index (κ1) is 14.0. The maximum Gasteiger partial charge on any atom is 0.237 e. The van der Waals surface area contributed by atoms with E-state index in [1.54, 1.807) is 13.0 Å². The molecule has 1 aromatic rings. The van der Waals surface area contributed by atoms with Crippen LogP contribution in [0.15, 0.2) is 18.2 Å². The van der Waals surface area contributed by atoms with E-state index in [2.05, 4.69) is 10.6 Å². The zero-order chi connectivity index (χ0) is 13.7. The van der Waals surface area contributed by atoms with Crippen molar-refractivity contribution in [1.82, 2.24) is 10.6 Å². The number of hydrogen-bond acceptors (Lipinski definition) is 2. The number of hydrogen-bond donors (Lipinski definition) is 2. The van der Waals surface area contributed by atoms with Gasteiger partial charge in [0.05, 0.1) is 6.04 Å². The van der Waals surface area contributed by atoms with Crippen LogP contribution in [-0.2, 0) is 11.2 Å². The summed E-state index contributed by atoms with van der Waals surface area (Å²) in [6.07, 6.45) is 3.92. The fourth-order valence-electron chi connectivity index (χ4n) is 2.39. The van der Waals surface area contributed by atoms with Crippen molar-refractivity contribution in [2.24, 2.45) is 0 Å². The quantitative estimate of drug-likeness (QED) is 0.872. The summed E-state index contributed by atoms with van der Waals surface area (Å²) in [7, 11) is 0. The fraction of sp³-hybridized carbons (Fsp3) is 0.533. The molecule has 0 bridgehead atoms. The van der Waals surface area contributed by atoms with Gasteiger partial charge in [0.15, 0.2) is 0 Å². The number of halogens is 1. The highest BCUT2D eigenvalue weighted by molar-refractivity contribution is 5.81. The zero-order valence-corrected chi connectivity index (χ0v) is 11.3. The lowest BCUT2D eigenvalue weighted by atomic mass is 10.0. The standard InChI is InChI=1S/C15H21FN2O/c1-11-10-12(5-6-13(11)16)7-9-18-15(19)14-4-2-3-8-17-14/h5-6,10,14,17H,2-4,7-9H2,1H3,(H,18,19). The van der Waals surface area contributed by atoms with Gasteiger partial charge in [0.25, 0.3) is 0 Å². The molecular weight excluding hydrogens is 243 g/mol. The summed E-state index contributed by atoms with van der Waals surface area (Å²) >= 11 is 0. The van der Waals surface area contributed by atoms with Crippen molar-refractivity contribution >= 4 is 5.91 Å². The van der Waals surface area contributed by atoms with Gasteiger partial charge in [-0.3, -0.25) is 4.79 Å². The van der Waals surface area contributed by atoms with E-state index in [1.165, 1.54) is 6.07 Å². The SMILES string of the molecule is Cc1cc(CCNC(=O)C2CCCCN2)ccc1F. The molecule has 0 radical (unpaired) electrons. The van der Waals surface area contributed by atoms with Gasteiger partial charge in [-0.15, -0.1) is 0 Å². The lowest BCUT2D eigenvalue weighted by Crippen LogP contribution is -2.47. The Balaban J connectivity index is 1.76. The molecule has 1 aliphatic heterocycles. The lowest BCUT2D eigenvalue weighted by molar-refractivity contribution is -0.123. The highest BCUT2D eigenvalue weighted by Gasteiger charge is 2.19. The predicted molar refractivity (Wildman–Crippen MR) is 73.5 cm³/mol. The third-order valence-electron chi connectivity index (χ3n) is 3.56. The van der Waals surface area contributed by atoms with Gasteiger partial charge in [0.1, 0.15) is 5.82 Å². The first-order chi connectivity index (χ1) is 9.16. The van der Waals surface area contributed by atoms with E-state index in [1.807, 2.05) is 6.07 Å². The van der Waals surface area contributed by atoms with Crippen molar-refractivity contribution in [2.45, 2.75) is 38.6 Å². The molecule has 2 N–H and O–H groups in total. The zero-order valence-electron chi connectivity index (χ0n) is 11.3. The van der Waals surface area contributed by atoms with Gasteiger partial charge in [-0.25, -0.2) is 4.39 Å². The molecule has 3 nitrogen and oxygen atoms in total. The average molecular weight is 264 g/mol. The van der Waals surface area contributed by atoms with Crippen LogP contribution in [-0.4, -0.2) is 25.0 Å². The molecule has 0 aliphatic carbocycles. The molecule has 1 aliphatic rings. The second-order valence-electron chi connectivity index (χ2n) is 5.13. The Kier molecular flexibility index (Phi) is 4.91. The fourth-order valence-corrected chi connectivity index (χ4v) is 2.39. The predicted octanol–water partition coefficient (Wildman–Crippen LogP) is 1.93. The summed E-state index contributed by atoms with van der Waals surface area (Å²) in [6, 6.07) is 5.05. The first-order valence-corrected chi connectivity index (χ1v) is 6.93. The largest absolute Gasteiger partial charge is 0.354 e. The van der Waals surface area contributed by atoms with E-state index in [0.29, 0.717) is 12.1 Å². The number of nitrogens with one attached hydrogen (secondary N) is 2. The Bertz CT molecular complexity index is 442. The van der Waals surface area contributed by atoms with Crippen LogP contribution in [0.5, 0.6) is 0 Å². The molecule has 19 heavy (non-hydrogen) atoms. The third-order valence-corrected chi connectivity index (χ3v) is 3.56. The third kappa shape index (κ3) is 4.03. The van der Waals surface area contributed by atoms with E-state index >= 15 is 0 Å². The second kappa shape index (κ2) is 6.66. The van der Waals surface area contributed by atoms with Gasteiger partial charge in [0, 0.05) is 6.54 Å². The Morgan fingerprint density at radius 3 is 3.00 bits per heavy atom. The normalized spacial score (nSPS) is 19.2. The van der Waals surface area contributed by atoms with Crippen LogP contribution in [0, 0.1) is 12.7 Å². The topological polar surface area (TPSA) is 41.1 Å². The number of aryl methyl sites for hydroxylation is 1. The molecule has 4 heteroatoms. The Hall–Kier alpha value is -1.42. The summed E-state index contributed by atoms with van der Waals surface area (Å²) in [5.41, 5.74) is 1.70. The Morgan fingerprint density at radius 2 is 2.32 bits per heavy atom. The maximum atomic E-state index is 13.1. The van der Waals surface area contributed by atoms with E-state index < -0.39 is 0 Å². The molecule has 0 spiro atoms. The highest BCUT2D eigenvalue weighted by atomic mass is 19.1. The van der Waals surface area contributed by atoms with Gasteiger partial charge < -0.3 is 10.6 Å². The minimum Gasteiger partial charge on any atom is -0.354 e. The van der Waals surface area contributed by atoms with Crippen LogP contribution in [0.2, 0.25) is 0 Å². The van der Waals surface area contributed by atoms with E-state index in [9.17, 15) is 9.18 Å². The van der Waals surface area contributed by atoms with E-state index in [0.717, 1.165) is 37.8 Å². The van der Waals surface area contributed by atoms with Gasteiger partial charge in [0.2, 0.25) is 5.91 Å². The van der Waals surface area contributed by atoms with Crippen LogP contribution >= 0.6 is 0 Å². The second-order valence-corrected chi connectivity index (χ2v) is 5.13. The molecule has 104 valence electrons. The number of piperidine rings is 1. The number of benzene rings is 1. The molecule has 1 heterocycles. The number of rotatable bonds is 4. The Morgan fingerprint density at radius 1 is 1.47 bits per heavy atom. The van der Waals surface area contributed by atoms with Crippen molar-refractivity contribution in [2.75, 3.05) is 13.1 Å². The highest BCUT2D eigenvalue weighted by Crippen LogP contribution is 2.10. The van der Waals surface area contributed by atoms with Crippen LogP contribution in [0.1, 0.15) is 30.4 Å². The smallest absolute Gasteiger partial charge is 0.237 e. The van der Waals surface area contributed by atoms with Crippen LogP contribution in [0.3, 0.4) is 0 Å². The molecule has 2 rings (SSSR count). The molecular formula is C15H21FN2O. The average Bonchev–Trinajstić information content (AvgIpc) is 2.43. The molecule has 1 saturated heterocycles. The molecule has 0 aromatic heterocycles. The van der Waals surface area contributed by atoms with Crippen LogP contribution in [0.4, 0.5) is 4.39 Å². The van der Waals surface area contributed by atoms with Gasteiger partial charge in [-0.05, 0) is 49.9 Å². The number of carbonyl (C=O) groups excluding carboxylic acids is 1. The first-order valence-electron chi connectivity index (χ1n) is 6.93. The molecule has 1 aromatic carbocycles. The lowest BCUT2D eigenvalue weighted by Gasteiger charge is -2.22.